The fourth-order valence-corrected chi connectivity index (χ4v) is 2.40. The highest BCUT2D eigenvalue weighted by Crippen LogP contribution is 2.23. The van der Waals surface area contributed by atoms with Crippen molar-refractivity contribution in [1.82, 2.24) is 4.90 Å². The van der Waals surface area contributed by atoms with Gasteiger partial charge in [-0.15, -0.1) is 0 Å². The van der Waals surface area contributed by atoms with Crippen LogP contribution in [-0.4, -0.2) is 31.1 Å². The maximum absolute atomic E-state index is 5.98. The third kappa shape index (κ3) is 5.51. The van der Waals surface area contributed by atoms with E-state index in [1.165, 1.54) is 24.8 Å². The molecule has 0 saturated carbocycles. The SMILES string of the molecule is CCCCCN(C)C(CN)c1cccc(OC(C)C)c1. The van der Waals surface area contributed by atoms with Crippen molar-refractivity contribution in [2.75, 3.05) is 20.1 Å². The number of rotatable bonds is 9. The quantitative estimate of drug-likeness (QED) is 0.701. The van der Waals surface area contributed by atoms with Crippen molar-refractivity contribution in [3.05, 3.63) is 29.8 Å². The molecule has 0 aromatic heterocycles. The lowest BCUT2D eigenvalue weighted by molar-refractivity contribution is 0.234. The van der Waals surface area contributed by atoms with Crippen LogP contribution in [0.4, 0.5) is 0 Å². The summed E-state index contributed by atoms with van der Waals surface area (Å²) in [7, 11) is 2.16. The Labute approximate surface area is 124 Å². The Morgan fingerprint density at radius 3 is 2.60 bits per heavy atom. The van der Waals surface area contributed by atoms with Gasteiger partial charge in [0.1, 0.15) is 5.75 Å². The van der Waals surface area contributed by atoms with Crippen LogP contribution in [0.15, 0.2) is 24.3 Å². The van der Waals surface area contributed by atoms with Crippen molar-refractivity contribution in [2.24, 2.45) is 5.73 Å². The number of hydrogen-bond donors (Lipinski definition) is 1. The second kappa shape index (κ2) is 8.98. The normalized spacial score (nSPS) is 12.9. The van der Waals surface area contributed by atoms with Gasteiger partial charge in [0, 0.05) is 12.6 Å². The summed E-state index contributed by atoms with van der Waals surface area (Å²) < 4.78 is 5.77. The molecule has 3 nitrogen and oxygen atoms in total. The molecule has 0 spiro atoms. The van der Waals surface area contributed by atoms with Crippen LogP contribution in [0.5, 0.6) is 5.75 Å². The first-order valence-corrected chi connectivity index (χ1v) is 7.75. The first-order chi connectivity index (χ1) is 9.58. The van der Waals surface area contributed by atoms with E-state index in [1.54, 1.807) is 0 Å². The Hall–Kier alpha value is -1.06. The van der Waals surface area contributed by atoms with Gasteiger partial charge in [-0.25, -0.2) is 0 Å². The molecule has 3 heteroatoms. The number of nitrogens with zero attached hydrogens (tertiary/aromatic N) is 1. The van der Waals surface area contributed by atoms with Gasteiger partial charge in [0.05, 0.1) is 6.10 Å². The topological polar surface area (TPSA) is 38.5 Å². The minimum Gasteiger partial charge on any atom is -0.491 e. The van der Waals surface area contributed by atoms with Crippen molar-refractivity contribution < 1.29 is 4.74 Å². The van der Waals surface area contributed by atoms with E-state index in [0.717, 1.165) is 12.3 Å². The van der Waals surface area contributed by atoms with Crippen molar-refractivity contribution in [2.45, 2.75) is 52.2 Å². The second-order valence-corrected chi connectivity index (χ2v) is 5.68. The van der Waals surface area contributed by atoms with Gasteiger partial charge in [-0.1, -0.05) is 31.9 Å². The number of hydrogen-bond acceptors (Lipinski definition) is 3. The number of unbranched alkanes of at least 4 members (excludes halogenated alkanes) is 2. The lowest BCUT2D eigenvalue weighted by Crippen LogP contribution is -2.31. The van der Waals surface area contributed by atoms with E-state index in [1.807, 2.05) is 19.9 Å². The molecule has 1 rings (SSSR count). The van der Waals surface area contributed by atoms with Gasteiger partial charge in [-0.05, 0) is 51.6 Å². The molecule has 0 fully saturated rings. The lowest BCUT2D eigenvalue weighted by Gasteiger charge is -2.27. The minimum absolute atomic E-state index is 0.198. The van der Waals surface area contributed by atoms with E-state index in [-0.39, 0.29) is 12.1 Å². The Morgan fingerprint density at radius 2 is 2.00 bits per heavy atom. The Balaban J connectivity index is 2.72. The number of likely N-dealkylation sites (N-methyl/N-ethyl adjacent to an activating group) is 1. The average Bonchev–Trinajstić information content (AvgIpc) is 2.39. The van der Waals surface area contributed by atoms with Crippen LogP contribution in [0.2, 0.25) is 0 Å². The van der Waals surface area contributed by atoms with Crippen LogP contribution in [-0.2, 0) is 0 Å². The Morgan fingerprint density at radius 1 is 1.25 bits per heavy atom. The second-order valence-electron chi connectivity index (χ2n) is 5.68. The fourth-order valence-electron chi connectivity index (χ4n) is 2.40. The highest BCUT2D eigenvalue weighted by atomic mass is 16.5. The number of nitrogens with two attached hydrogens (primary N) is 1. The van der Waals surface area contributed by atoms with Crippen LogP contribution in [0.25, 0.3) is 0 Å². The number of ether oxygens (including phenoxy) is 1. The molecular formula is C17H30N2O. The molecule has 0 aliphatic heterocycles. The van der Waals surface area contributed by atoms with E-state index in [0.29, 0.717) is 6.54 Å². The summed E-state index contributed by atoms with van der Waals surface area (Å²) in [6.07, 6.45) is 3.95. The standard InChI is InChI=1S/C17H30N2O/c1-5-6-7-11-19(4)17(13-18)15-9-8-10-16(12-15)20-14(2)3/h8-10,12,14,17H,5-7,11,13,18H2,1-4H3. The largest absolute Gasteiger partial charge is 0.491 e. The van der Waals surface area contributed by atoms with Crippen LogP contribution >= 0.6 is 0 Å². The fraction of sp³-hybridized carbons (Fsp3) is 0.647. The molecule has 0 amide bonds. The minimum atomic E-state index is 0.198. The van der Waals surface area contributed by atoms with E-state index >= 15 is 0 Å². The zero-order valence-electron chi connectivity index (χ0n) is 13.4. The molecule has 1 atom stereocenters. The summed E-state index contributed by atoms with van der Waals surface area (Å²) in [6.45, 7) is 8.04. The predicted octanol–water partition coefficient (Wildman–Crippen LogP) is 3.60. The summed E-state index contributed by atoms with van der Waals surface area (Å²) in [6, 6.07) is 8.58. The van der Waals surface area contributed by atoms with E-state index in [2.05, 4.69) is 37.1 Å². The molecule has 114 valence electrons. The van der Waals surface area contributed by atoms with Crippen LogP contribution in [0.3, 0.4) is 0 Å². The maximum atomic E-state index is 5.98. The van der Waals surface area contributed by atoms with E-state index in [9.17, 15) is 0 Å². The zero-order valence-corrected chi connectivity index (χ0v) is 13.4. The summed E-state index contributed by atoms with van der Waals surface area (Å²) in [5, 5.41) is 0. The molecular weight excluding hydrogens is 248 g/mol. The molecule has 0 radical (unpaired) electrons. The number of benzene rings is 1. The zero-order chi connectivity index (χ0) is 15.0. The van der Waals surface area contributed by atoms with Crippen LogP contribution < -0.4 is 10.5 Å². The van der Waals surface area contributed by atoms with Gasteiger partial charge in [-0.3, -0.25) is 4.90 Å². The molecule has 0 heterocycles. The first-order valence-electron chi connectivity index (χ1n) is 7.75. The van der Waals surface area contributed by atoms with Gasteiger partial charge in [0.25, 0.3) is 0 Å². The first kappa shape index (κ1) is 17.0. The van der Waals surface area contributed by atoms with Crippen LogP contribution in [0.1, 0.15) is 51.6 Å². The molecule has 1 aromatic carbocycles. The smallest absolute Gasteiger partial charge is 0.120 e. The third-order valence-electron chi connectivity index (χ3n) is 3.48. The monoisotopic (exact) mass is 278 g/mol. The average molecular weight is 278 g/mol. The molecule has 2 N–H and O–H groups in total. The maximum Gasteiger partial charge on any atom is 0.120 e. The summed E-state index contributed by atoms with van der Waals surface area (Å²) >= 11 is 0. The van der Waals surface area contributed by atoms with Gasteiger partial charge in [0.2, 0.25) is 0 Å². The van der Waals surface area contributed by atoms with Crippen LogP contribution in [0, 0.1) is 0 Å². The van der Waals surface area contributed by atoms with Crippen molar-refractivity contribution >= 4 is 0 Å². The molecule has 0 bridgehead atoms. The highest BCUT2D eigenvalue weighted by molar-refractivity contribution is 5.31. The molecule has 1 unspecified atom stereocenters. The Bertz CT molecular complexity index is 379. The molecule has 0 aliphatic rings. The van der Waals surface area contributed by atoms with Gasteiger partial charge in [-0.2, -0.15) is 0 Å². The third-order valence-corrected chi connectivity index (χ3v) is 3.48. The van der Waals surface area contributed by atoms with Crippen molar-refractivity contribution in [3.63, 3.8) is 0 Å². The lowest BCUT2D eigenvalue weighted by atomic mass is 10.0. The van der Waals surface area contributed by atoms with E-state index in [4.69, 9.17) is 10.5 Å². The van der Waals surface area contributed by atoms with Crippen molar-refractivity contribution in [3.8, 4) is 5.75 Å². The molecule has 0 aliphatic carbocycles. The summed E-state index contributed by atoms with van der Waals surface area (Å²) in [5.74, 6) is 0.929. The summed E-state index contributed by atoms with van der Waals surface area (Å²) in [5.41, 5.74) is 7.22. The van der Waals surface area contributed by atoms with Crippen molar-refractivity contribution in [1.29, 1.82) is 0 Å². The summed E-state index contributed by atoms with van der Waals surface area (Å²) in [4.78, 5) is 2.35. The molecule has 1 aromatic rings. The van der Waals surface area contributed by atoms with Gasteiger partial charge < -0.3 is 10.5 Å². The van der Waals surface area contributed by atoms with Gasteiger partial charge in [0.15, 0.2) is 0 Å². The van der Waals surface area contributed by atoms with Gasteiger partial charge >= 0.3 is 0 Å². The highest BCUT2D eigenvalue weighted by Gasteiger charge is 2.15. The molecule has 0 saturated heterocycles. The predicted molar refractivity (Wildman–Crippen MR) is 86.2 cm³/mol. The Kier molecular flexibility index (Phi) is 7.63. The van der Waals surface area contributed by atoms with E-state index < -0.39 is 0 Å². The molecule has 20 heavy (non-hydrogen) atoms.